The van der Waals surface area contributed by atoms with Gasteiger partial charge >= 0.3 is 0 Å². The lowest BCUT2D eigenvalue weighted by molar-refractivity contribution is 0.847. The number of rotatable bonds is 2. The Bertz CT molecular complexity index is 609. The minimum absolute atomic E-state index is 0. The van der Waals surface area contributed by atoms with Gasteiger partial charge in [0, 0.05) is 13.2 Å². The molecule has 0 amide bonds. The Morgan fingerprint density at radius 3 is 1.91 bits per heavy atom. The van der Waals surface area contributed by atoms with E-state index in [4.69, 9.17) is 6.42 Å². The second-order valence-corrected chi connectivity index (χ2v) is 6.14. The molecule has 0 saturated carbocycles. The number of benzene rings is 1. The summed E-state index contributed by atoms with van der Waals surface area (Å²) >= 11 is 0. The SMILES string of the molecule is C.C#Cc1cc(C(C)C)cn1C.Cc1cccc(C(C)C)c1. The lowest BCUT2D eigenvalue weighted by Gasteiger charge is -2.04. The van der Waals surface area contributed by atoms with Crippen LogP contribution in [-0.4, -0.2) is 4.57 Å². The first-order valence-electron chi connectivity index (χ1n) is 7.54. The number of terminal acetylenes is 1. The quantitative estimate of drug-likeness (QED) is 0.610. The zero-order valence-electron chi connectivity index (χ0n) is 14.1. The summed E-state index contributed by atoms with van der Waals surface area (Å²) in [7, 11) is 1.97. The van der Waals surface area contributed by atoms with Crippen molar-refractivity contribution in [3.05, 3.63) is 58.9 Å². The van der Waals surface area contributed by atoms with E-state index in [1.807, 2.05) is 11.6 Å². The monoisotopic (exact) mass is 297 g/mol. The second kappa shape index (κ2) is 9.15. The van der Waals surface area contributed by atoms with Gasteiger partial charge in [0.05, 0.1) is 5.69 Å². The Labute approximate surface area is 137 Å². The molecule has 22 heavy (non-hydrogen) atoms. The second-order valence-electron chi connectivity index (χ2n) is 6.14. The molecule has 1 nitrogen and oxygen atoms in total. The van der Waals surface area contributed by atoms with Gasteiger partial charge in [-0.15, -0.1) is 6.42 Å². The van der Waals surface area contributed by atoms with Gasteiger partial charge in [-0.2, -0.15) is 0 Å². The minimum atomic E-state index is 0. The molecule has 0 aliphatic heterocycles. The molecule has 2 aromatic rings. The summed E-state index contributed by atoms with van der Waals surface area (Å²) in [4.78, 5) is 0. The van der Waals surface area contributed by atoms with Gasteiger partial charge in [-0.05, 0) is 36.0 Å². The van der Waals surface area contributed by atoms with Gasteiger partial charge in [-0.1, -0.05) is 70.9 Å². The fourth-order valence-electron chi connectivity index (χ4n) is 2.08. The van der Waals surface area contributed by atoms with Crippen LogP contribution < -0.4 is 0 Å². The molecule has 0 spiro atoms. The molecule has 0 bridgehead atoms. The molecule has 1 heteroatoms. The number of hydrogen-bond acceptors (Lipinski definition) is 0. The van der Waals surface area contributed by atoms with E-state index >= 15 is 0 Å². The lowest BCUT2D eigenvalue weighted by Crippen LogP contribution is -1.87. The van der Waals surface area contributed by atoms with Crippen molar-refractivity contribution < 1.29 is 0 Å². The molecule has 120 valence electrons. The summed E-state index contributed by atoms with van der Waals surface area (Å²) in [5, 5.41) is 0. The summed E-state index contributed by atoms with van der Waals surface area (Å²) in [5.41, 5.74) is 5.04. The van der Waals surface area contributed by atoms with Crippen LogP contribution in [0.1, 0.15) is 69.3 Å². The van der Waals surface area contributed by atoms with Crippen molar-refractivity contribution in [2.75, 3.05) is 0 Å². The highest BCUT2D eigenvalue weighted by atomic mass is 14.9. The smallest absolute Gasteiger partial charge is 0.0917 e. The third kappa shape index (κ3) is 5.82. The molecule has 2 rings (SSSR count). The van der Waals surface area contributed by atoms with Gasteiger partial charge in [0.15, 0.2) is 0 Å². The maximum atomic E-state index is 5.29. The number of aromatic nitrogens is 1. The highest BCUT2D eigenvalue weighted by Crippen LogP contribution is 2.16. The average Bonchev–Trinajstić information content (AvgIpc) is 2.81. The molecular formula is C21H31N. The largest absolute Gasteiger partial charge is 0.344 e. The van der Waals surface area contributed by atoms with Gasteiger partial charge < -0.3 is 4.57 Å². The first-order chi connectivity index (χ1) is 9.85. The molecule has 0 radical (unpaired) electrons. The van der Waals surface area contributed by atoms with Crippen LogP contribution in [0, 0.1) is 19.3 Å². The van der Waals surface area contributed by atoms with Crippen LogP contribution in [0.15, 0.2) is 36.5 Å². The van der Waals surface area contributed by atoms with Crippen LogP contribution >= 0.6 is 0 Å². The van der Waals surface area contributed by atoms with Gasteiger partial charge in [-0.25, -0.2) is 0 Å². The molecule has 0 atom stereocenters. The first-order valence-corrected chi connectivity index (χ1v) is 7.54. The zero-order chi connectivity index (χ0) is 16.0. The molecule has 0 unspecified atom stereocenters. The van der Waals surface area contributed by atoms with Crippen molar-refractivity contribution in [2.45, 2.75) is 53.9 Å². The van der Waals surface area contributed by atoms with Gasteiger partial charge in [0.2, 0.25) is 0 Å². The Hall–Kier alpha value is -1.94. The number of nitrogens with zero attached hydrogens (tertiary/aromatic N) is 1. The fourth-order valence-corrected chi connectivity index (χ4v) is 2.08. The molecule has 0 aliphatic carbocycles. The molecule has 0 N–H and O–H groups in total. The van der Waals surface area contributed by atoms with E-state index in [-0.39, 0.29) is 7.43 Å². The fraction of sp³-hybridized carbons (Fsp3) is 0.429. The number of aryl methyl sites for hydroxylation is 2. The third-order valence-corrected chi connectivity index (χ3v) is 3.55. The van der Waals surface area contributed by atoms with E-state index in [1.165, 1.54) is 16.7 Å². The summed E-state index contributed by atoms with van der Waals surface area (Å²) in [6.45, 7) is 10.9. The predicted octanol–water partition coefficient (Wildman–Crippen LogP) is 5.88. The van der Waals surface area contributed by atoms with Crippen LogP contribution in [0.5, 0.6) is 0 Å². The van der Waals surface area contributed by atoms with E-state index in [1.54, 1.807) is 0 Å². The molecule has 0 saturated heterocycles. The Balaban J connectivity index is 0.000000385. The zero-order valence-corrected chi connectivity index (χ0v) is 14.1. The van der Waals surface area contributed by atoms with Crippen LogP contribution in [-0.2, 0) is 7.05 Å². The molecule has 0 fully saturated rings. The van der Waals surface area contributed by atoms with Gasteiger partial charge in [0.25, 0.3) is 0 Å². The highest BCUT2D eigenvalue weighted by molar-refractivity contribution is 5.32. The Morgan fingerprint density at radius 1 is 1.00 bits per heavy atom. The Morgan fingerprint density at radius 2 is 1.59 bits per heavy atom. The van der Waals surface area contributed by atoms with E-state index in [9.17, 15) is 0 Å². The molecule has 1 heterocycles. The average molecular weight is 297 g/mol. The van der Waals surface area contributed by atoms with Crippen LogP contribution in [0.3, 0.4) is 0 Å². The first kappa shape index (κ1) is 20.1. The van der Waals surface area contributed by atoms with Gasteiger partial charge in [-0.3, -0.25) is 0 Å². The van der Waals surface area contributed by atoms with E-state index in [2.05, 4.69) is 77.1 Å². The summed E-state index contributed by atoms with van der Waals surface area (Å²) in [5.74, 6) is 3.84. The van der Waals surface area contributed by atoms with Gasteiger partial charge in [0.1, 0.15) is 0 Å². The van der Waals surface area contributed by atoms with Crippen molar-refractivity contribution in [3.8, 4) is 12.3 Å². The van der Waals surface area contributed by atoms with E-state index in [0.717, 1.165) is 5.69 Å². The van der Waals surface area contributed by atoms with Crippen molar-refractivity contribution >= 4 is 0 Å². The third-order valence-electron chi connectivity index (χ3n) is 3.55. The predicted molar refractivity (Wildman–Crippen MR) is 99.4 cm³/mol. The van der Waals surface area contributed by atoms with Crippen LogP contribution in [0.25, 0.3) is 0 Å². The normalized spacial score (nSPS) is 9.77. The highest BCUT2D eigenvalue weighted by Gasteiger charge is 2.03. The van der Waals surface area contributed by atoms with Crippen LogP contribution in [0.4, 0.5) is 0 Å². The summed E-state index contributed by atoms with van der Waals surface area (Å²) in [6, 6.07) is 10.7. The Kier molecular flexibility index (Phi) is 8.35. The van der Waals surface area contributed by atoms with Crippen molar-refractivity contribution in [2.24, 2.45) is 7.05 Å². The van der Waals surface area contributed by atoms with Crippen molar-refractivity contribution in [1.29, 1.82) is 0 Å². The van der Waals surface area contributed by atoms with Crippen LogP contribution in [0.2, 0.25) is 0 Å². The molecular weight excluding hydrogens is 266 g/mol. The molecule has 1 aromatic heterocycles. The van der Waals surface area contributed by atoms with Crippen molar-refractivity contribution in [1.82, 2.24) is 4.57 Å². The summed E-state index contributed by atoms with van der Waals surface area (Å²) in [6.07, 6.45) is 7.38. The maximum absolute atomic E-state index is 5.29. The topological polar surface area (TPSA) is 4.93 Å². The summed E-state index contributed by atoms with van der Waals surface area (Å²) < 4.78 is 1.98. The standard InChI is InChI=1S/C10H13N.C10H14.CH4/c1-5-10-6-9(8(2)3)7-11(10)4;1-8(2)10-6-4-5-9(3)7-10;/h1,6-8H,2-4H3;4-8H,1-3H3;1H4. The number of hydrogen-bond donors (Lipinski definition) is 0. The van der Waals surface area contributed by atoms with E-state index in [0.29, 0.717) is 11.8 Å². The molecule has 1 aromatic carbocycles. The maximum Gasteiger partial charge on any atom is 0.0917 e. The minimum Gasteiger partial charge on any atom is -0.344 e. The lowest BCUT2D eigenvalue weighted by atomic mass is 10.0. The van der Waals surface area contributed by atoms with Crippen molar-refractivity contribution in [3.63, 3.8) is 0 Å². The van der Waals surface area contributed by atoms with E-state index < -0.39 is 0 Å². The molecule has 0 aliphatic rings.